The highest BCUT2D eigenvalue weighted by Gasteiger charge is 2.35. The van der Waals surface area contributed by atoms with Crippen molar-refractivity contribution in [1.82, 2.24) is 14.9 Å². The van der Waals surface area contributed by atoms with Gasteiger partial charge in [-0.25, -0.2) is 9.97 Å². The van der Waals surface area contributed by atoms with E-state index in [4.69, 9.17) is 11.5 Å². The van der Waals surface area contributed by atoms with Crippen molar-refractivity contribution < 1.29 is 4.79 Å². The topological polar surface area (TPSA) is 98.1 Å². The molecule has 7 heteroatoms. The predicted molar refractivity (Wildman–Crippen MR) is 90.6 cm³/mol. The molecule has 0 saturated carbocycles. The molecule has 4 N–H and O–H groups in total. The van der Waals surface area contributed by atoms with Gasteiger partial charge < -0.3 is 16.4 Å². The van der Waals surface area contributed by atoms with Crippen LogP contribution in [0.25, 0.3) is 0 Å². The molecule has 2 rings (SSSR count). The van der Waals surface area contributed by atoms with Gasteiger partial charge in [-0.15, -0.1) is 0 Å². The third-order valence-electron chi connectivity index (χ3n) is 4.46. The monoisotopic (exact) mass is 323 g/mol. The quantitative estimate of drug-likeness (QED) is 0.865. The second-order valence-corrected chi connectivity index (χ2v) is 7.68. The van der Waals surface area contributed by atoms with Crippen molar-refractivity contribution in [1.29, 1.82) is 0 Å². The molecule has 0 radical (unpaired) electrons. The fourth-order valence-electron chi connectivity index (χ4n) is 2.63. The van der Waals surface area contributed by atoms with E-state index in [1.54, 1.807) is 18.0 Å². The molecule has 0 spiro atoms. The molecule has 1 atom stereocenters. The van der Waals surface area contributed by atoms with Crippen LogP contribution < -0.4 is 11.5 Å². The summed E-state index contributed by atoms with van der Waals surface area (Å²) >= 11 is 1.62. The first kappa shape index (κ1) is 17.0. The Labute approximate surface area is 136 Å². The molecule has 1 amide bonds. The number of hydrogen-bond donors (Lipinski definition) is 2. The van der Waals surface area contributed by atoms with E-state index >= 15 is 0 Å². The van der Waals surface area contributed by atoms with Gasteiger partial charge in [0, 0.05) is 35.6 Å². The fraction of sp³-hybridized carbons (Fsp3) is 0.667. The Bertz CT molecular complexity index is 528. The summed E-state index contributed by atoms with van der Waals surface area (Å²) in [5, 5.41) is 0. The Morgan fingerprint density at radius 3 is 2.64 bits per heavy atom. The summed E-state index contributed by atoms with van der Waals surface area (Å²) in [6, 6.07) is 1.43. The lowest BCUT2D eigenvalue weighted by atomic mass is 9.92. The number of thioether (sulfide) groups is 1. The number of rotatable bonds is 4. The third-order valence-corrected chi connectivity index (χ3v) is 5.77. The third kappa shape index (κ3) is 3.70. The first-order valence-corrected chi connectivity index (χ1v) is 8.75. The van der Waals surface area contributed by atoms with Crippen molar-refractivity contribution in [2.24, 2.45) is 5.73 Å². The molecular weight excluding hydrogens is 298 g/mol. The van der Waals surface area contributed by atoms with Crippen molar-refractivity contribution in [2.75, 3.05) is 25.1 Å². The molecule has 22 heavy (non-hydrogen) atoms. The van der Waals surface area contributed by atoms with Crippen LogP contribution in [-0.4, -0.2) is 50.9 Å². The summed E-state index contributed by atoms with van der Waals surface area (Å²) in [5.74, 6) is 0.680. The Morgan fingerprint density at radius 2 is 2.09 bits per heavy atom. The summed E-state index contributed by atoms with van der Waals surface area (Å²) in [4.78, 5) is 22.6. The van der Waals surface area contributed by atoms with Crippen molar-refractivity contribution in [2.45, 2.75) is 43.4 Å². The van der Waals surface area contributed by atoms with E-state index in [-0.39, 0.29) is 10.7 Å². The lowest BCUT2D eigenvalue weighted by Crippen LogP contribution is -2.54. The number of nitrogen functional groups attached to an aromatic ring is 1. The fourth-order valence-corrected chi connectivity index (χ4v) is 2.99. The lowest BCUT2D eigenvalue weighted by Gasteiger charge is -2.37. The highest BCUT2D eigenvalue weighted by molar-refractivity contribution is 8.00. The predicted octanol–water partition coefficient (Wildman–Crippen LogP) is 1.23. The van der Waals surface area contributed by atoms with Gasteiger partial charge in [-0.3, -0.25) is 4.79 Å². The summed E-state index contributed by atoms with van der Waals surface area (Å²) in [6.07, 6.45) is 5.44. The van der Waals surface area contributed by atoms with Crippen molar-refractivity contribution in [3.8, 4) is 0 Å². The molecule has 1 aromatic heterocycles. The zero-order valence-electron chi connectivity index (χ0n) is 13.5. The number of piperidine rings is 1. The van der Waals surface area contributed by atoms with Gasteiger partial charge in [-0.05, 0) is 39.0 Å². The molecule has 0 aromatic carbocycles. The van der Waals surface area contributed by atoms with Crippen LogP contribution in [0.2, 0.25) is 0 Å². The zero-order valence-corrected chi connectivity index (χ0v) is 14.3. The number of hydrogen-bond acceptors (Lipinski definition) is 6. The standard InChI is InChI=1S/C15H25N5OS/c1-15(2,22-3)12(16)13(21)20-8-5-10(6-9-20)11-4-7-18-14(17)19-11/h4,7,10,12H,5-6,8-9,16H2,1-3H3,(H2,17,18,19)/t12-/m1/s1. The molecule has 1 fully saturated rings. The summed E-state index contributed by atoms with van der Waals surface area (Å²) < 4.78 is -0.255. The maximum atomic E-state index is 12.5. The summed E-state index contributed by atoms with van der Waals surface area (Å²) in [7, 11) is 0. The van der Waals surface area contributed by atoms with E-state index in [9.17, 15) is 4.79 Å². The Morgan fingerprint density at radius 1 is 1.45 bits per heavy atom. The number of carbonyl (C=O) groups is 1. The highest BCUT2D eigenvalue weighted by Crippen LogP contribution is 2.29. The van der Waals surface area contributed by atoms with E-state index in [1.807, 2.05) is 31.1 Å². The molecule has 1 aliphatic rings. The Kier molecular flexibility index (Phi) is 5.28. The summed E-state index contributed by atoms with van der Waals surface area (Å²) in [6.45, 7) is 5.45. The molecule has 0 bridgehead atoms. The number of anilines is 1. The molecule has 6 nitrogen and oxygen atoms in total. The SMILES string of the molecule is CSC(C)(C)[C@H](N)C(=O)N1CCC(c2ccnc(N)n2)CC1. The van der Waals surface area contributed by atoms with Gasteiger partial charge in [0.05, 0.1) is 6.04 Å². The van der Waals surface area contributed by atoms with Gasteiger partial charge in [0.2, 0.25) is 11.9 Å². The normalized spacial score (nSPS) is 18.3. The second-order valence-electron chi connectivity index (χ2n) is 6.22. The van der Waals surface area contributed by atoms with E-state index in [1.165, 1.54) is 0 Å². The Balaban J connectivity index is 1.96. The number of amides is 1. The maximum absolute atomic E-state index is 12.5. The molecule has 0 aliphatic carbocycles. The van der Waals surface area contributed by atoms with Crippen molar-refractivity contribution >= 4 is 23.6 Å². The van der Waals surface area contributed by atoms with Gasteiger partial charge in [0.1, 0.15) is 0 Å². The van der Waals surface area contributed by atoms with Gasteiger partial charge >= 0.3 is 0 Å². The van der Waals surface area contributed by atoms with Crippen LogP contribution in [0.15, 0.2) is 12.3 Å². The minimum Gasteiger partial charge on any atom is -0.368 e. The molecule has 1 aliphatic heterocycles. The van der Waals surface area contributed by atoms with Crippen LogP contribution in [0.4, 0.5) is 5.95 Å². The van der Waals surface area contributed by atoms with E-state index in [0.29, 0.717) is 25.0 Å². The van der Waals surface area contributed by atoms with Gasteiger partial charge in [-0.1, -0.05) is 0 Å². The van der Waals surface area contributed by atoms with E-state index < -0.39 is 6.04 Å². The number of aromatic nitrogens is 2. The molecule has 0 unspecified atom stereocenters. The molecular formula is C15H25N5OS. The second kappa shape index (κ2) is 6.83. The number of nitrogens with zero attached hydrogens (tertiary/aromatic N) is 3. The van der Waals surface area contributed by atoms with Crippen LogP contribution in [0.5, 0.6) is 0 Å². The molecule has 2 heterocycles. The minimum absolute atomic E-state index is 0.0417. The first-order chi connectivity index (χ1) is 10.3. The number of nitrogens with two attached hydrogens (primary N) is 2. The van der Waals surface area contributed by atoms with E-state index in [2.05, 4.69) is 9.97 Å². The van der Waals surface area contributed by atoms with Crippen LogP contribution in [0.3, 0.4) is 0 Å². The van der Waals surface area contributed by atoms with Gasteiger partial charge in [-0.2, -0.15) is 11.8 Å². The number of carbonyl (C=O) groups excluding carboxylic acids is 1. The van der Waals surface area contributed by atoms with Crippen LogP contribution in [0.1, 0.15) is 38.3 Å². The van der Waals surface area contributed by atoms with Crippen molar-refractivity contribution in [3.63, 3.8) is 0 Å². The van der Waals surface area contributed by atoms with Crippen LogP contribution in [-0.2, 0) is 4.79 Å². The van der Waals surface area contributed by atoms with Gasteiger partial charge in [0.25, 0.3) is 0 Å². The van der Waals surface area contributed by atoms with Crippen LogP contribution >= 0.6 is 11.8 Å². The smallest absolute Gasteiger partial charge is 0.240 e. The summed E-state index contributed by atoms with van der Waals surface area (Å²) in [5.41, 5.74) is 12.8. The lowest BCUT2D eigenvalue weighted by molar-refractivity contribution is -0.134. The first-order valence-electron chi connectivity index (χ1n) is 7.53. The van der Waals surface area contributed by atoms with E-state index in [0.717, 1.165) is 18.5 Å². The molecule has 1 saturated heterocycles. The van der Waals surface area contributed by atoms with Crippen molar-refractivity contribution in [3.05, 3.63) is 18.0 Å². The number of likely N-dealkylation sites (tertiary alicyclic amines) is 1. The average molecular weight is 323 g/mol. The molecule has 1 aromatic rings. The maximum Gasteiger partial charge on any atom is 0.240 e. The minimum atomic E-state index is -0.478. The van der Waals surface area contributed by atoms with Gasteiger partial charge in [0.15, 0.2) is 0 Å². The molecule has 122 valence electrons. The highest BCUT2D eigenvalue weighted by atomic mass is 32.2. The van der Waals surface area contributed by atoms with Crippen LogP contribution in [0, 0.1) is 0 Å². The largest absolute Gasteiger partial charge is 0.368 e. The average Bonchev–Trinajstić information content (AvgIpc) is 2.53. The zero-order chi connectivity index (χ0) is 16.3. The Hall–Kier alpha value is -1.34.